The molecule has 0 radical (unpaired) electrons. The Hall–Kier alpha value is -1.92. The lowest BCUT2D eigenvalue weighted by Gasteiger charge is -2.32. The number of aliphatic hydroxyl groups is 1. The van der Waals surface area contributed by atoms with E-state index in [1.165, 1.54) is 0 Å². The first-order valence-electron chi connectivity index (χ1n) is 8.71. The van der Waals surface area contributed by atoms with Crippen molar-refractivity contribution in [3.05, 3.63) is 54.1 Å². The molecule has 26 heavy (non-hydrogen) atoms. The number of fused-ring (bicyclic) bond motifs is 1. The number of nitrogens with two attached hydrogens (primary N) is 1. The lowest BCUT2D eigenvalue weighted by Crippen LogP contribution is -2.48. The molecule has 1 saturated carbocycles. The Balaban J connectivity index is 0.00000196. The minimum absolute atomic E-state index is 0. The largest absolute Gasteiger partial charge is 0.436 e. The second kappa shape index (κ2) is 8.18. The summed E-state index contributed by atoms with van der Waals surface area (Å²) in [5.74, 6) is 0.617. The highest BCUT2D eigenvalue weighted by Crippen LogP contribution is 2.25. The van der Waals surface area contributed by atoms with E-state index in [0.717, 1.165) is 41.5 Å². The Morgan fingerprint density at radius 3 is 2.65 bits per heavy atom. The fourth-order valence-corrected chi connectivity index (χ4v) is 3.30. The molecule has 0 bridgehead atoms. The summed E-state index contributed by atoms with van der Waals surface area (Å²) in [6.45, 7) is 0.485. The number of rotatable bonds is 4. The number of nitrogens with zero attached hydrogens (tertiary/aromatic N) is 1. The van der Waals surface area contributed by atoms with Gasteiger partial charge in [0.15, 0.2) is 5.58 Å². The van der Waals surface area contributed by atoms with E-state index in [1.807, 2.05) is 48.5 Å². The van der Waals surface area contributed by atoms with Gasteiger partial charge in [-0.15, -0.1) is 12.4 Å². The smallest absolute Gasteiger partial charge is 0.227 e. The third kappa shape index (κ3) is 3.91. The summed E-state index contributed by atoms with van der Waals surface area (Å²) in [5, 5.41) is 9.85. The van der Waals surface area contributed by atoms with Gasteiger partial charge in [0.25, 0.3) is 0 Å². The zero-order valence-electron chi connectivity index (χ0n) is 14.4. The average Bonchev–Trinajstić information content (AvgIpc) is 3.07. The molecule has 6 heteroatoms. The molecule has 1 aliphatic rings. The molecule has 3 aromatic rings. The number of oxazole rings is 1. The zero-order chi connectivity index (χ0) is 17.2. The second-order valence-electron chi connectivity index (χ2n) is 6.61. The number of para-hydroxylation sites is 2. The van der Waals surface area contributed by atoms with E-state index in [0.29, 0.717) is 12.5 Å². The van der Waals surface area contributed by atoms with Gasteiger partial charge in [0.2, 0.25) is 5.89 Å². The first kappa shape index (κ1) is 18.9. The monoisotopic (exact) mass is 374 g/mol. The number of aromatic nitrogens is 1. The van der Waals surface area contributed by atoms with Gasteiger partial charge in [0, 0.05) is 5.56 Å². The molecule has 138 valence electrons. The van der Waals surface area contributed by atoms with Crippen molar-refractivity contribution in [2.45, 2.75) is 44.1 Å². The molecule has 1 aliphatic carbocycles. The lowest BCUT2D eigenvalue weighted by atomic mass is 9.90. The number of hydrogen-bond acceptors (Lipinski definition) is 5. The van der Waals surface area contributed by atoms with Crippen molar-refractivity contribution in [2.24, 2.45) is 5.73 Å². The van der Waals surface area contributed by atoms with Crippen molar-refractivity contribution >= 4 is 23.5 Å². The molecule has 5 nitrogen and oxygen atoms in total. The van der Waals surface area contributed by atoms with Gasteiger partial charge in [-0.05, 0) is 49.1 Å². The summed E-state index contributed by atoms with van der Waals surface area (Å²) in [4.78, 5) is 4.51. The van der Waals surface area contributed by atoms with E-state index >= 15 is 0 Å². The van der Waals surface area contributed by atoms with Crippen LogP contribution in [0.5, 0.6) is 0 Å². The van der Waals surface area contributed by atoms with Gasteiger partial charge < -0.3 is 20.0 Å². The molecule has 3 atom stereocenters. The van der Waals surface area contributed by atoms with Crippen LogP contribution in [0.1, 0.15) is 24.8 Å². The molecule has 0 amide bonds. The standard InChI is InChI=1S/C20H22N2O3.ClH/c21-19-16(23)5-3-7-18(19)24-12-13-8-10-14(11-9-13)20-22-15-4-1-2-6-17(15)25-20;/h1-2,4,6,8-11,16,18-19,23H,3,5,7,12,21H2;1H. The predicted octanol–water partition coefficient (Wildman–Crippen LogP) is 3.67. The van der Waals surface area contributed by atoms with E-state index in [2.05, 4.69) is 4.98 Å². The van der Waals surface area contributed by atoms with E-state index in [9.17, 15) is 5.11 Å². The number of aliphatic hydroxyl groups excluding tert-OH is 1. The summed E-state index contributed by atoms with van der Waals surface area (Å²) >= 11 is 0. The molecule has 0 aliphatic heterocycles. The van der Waals surface area contributed by atoms with E-state index in [-0.39, 0.29) is 24.6 Å². The van der Waals surface area contributed by atoms with Crippen molar-refractivity contribution < 1.29 is 14.3 Å². The highest BCUT2D eigenvalue weighted by Gasteiger charge is 2.29. The van der Waals surface area contributed by atoms with Crippen LogP contribution >= 0.6 is 12.4 Å². The molecule has 1 aromatic heterocycles. The van der Waals surface area contributed by atoms with Crippen molar-refractivity contribution in [1.29, 1.82) is 0 Å². The number of halogens is 1. The lowest BCUT2D eigenvalue weighted by molar-refractivity contribution is -0.0395. The van der Waals surface area contributed by atoms with Crippen molar-refractivity contribution in [3.63, 3.8) is 0 Å². The summed E-state index contributed by atoms with van der Waals surface area (Å²) < 4.78 is 11.7. The molecular weight excluding hydrogens is 352 g/mol. The third-order valence-corrected chi connectivity index (χ3v) is 4.82. The van der Waals surface area contributed by atoms with Crippen LogP contribution in [0.2, 0.25) is 0 Å². The van der Waals surface area contributed by atoms with E-state index in [1.54, 1.807) is 0 Å². The Morgan fingerprint density at radius 2 is 1.88 bits per heavy atom. The van der Waals surface area contributed by atoms with Gasteiger partial charge in [0.1, 0.15) is 5.52 Å². The number of benzene rings is 2. The Bertz CT molecular complexity index is 817. The van der Waals surface area contributed by atoms with Gasteiger partial charge in [-0.25, -0.2) is 4.98 Å². The van der Waals surface area contributed by atoms with Crippen molar-refractivity contribution in [1.82, 2.24) is 4.98 Å². The van der Waals surface area contributed by atoms with E-state index in [4.69, 9.17) is 14.9 Å². The summed E-state index contributed by atoms with van der Waals surface area (Å²) in [7, 11) is 0. The van der Waals surface area contributed by atoms with Crippen LogP contribution in [-0.4, -0.2) is 28.3 Å². The SMILES string of the molecule is Cl.NC1C(O)CCCC1OCc1ccc(-c2nc3ccccc3o2)cc1. The topological polar surface area (TPSA) is 81.5 Å². The fraction of sp³-hybridized carbons (Fsp3) is 0.350. The Labute approximate surface area is 158 Å². The first-order chi connectivity index (χ1) is 12.2. The van der Waals surface area contributed by atoms with Crippen molar-refractivity contribution in [3.8, 4) is 11.5 Å². The normalized spacial score (nSPS) is 22.9. The van der Waals surface area contributed by atoms with Crippen LogP contribution in [0.4, 0.5) is 0 Å². The molecule has 4 rings (SSSR count). The molecule has 0 spiro atoms. The Kier molecular flexibility index (Phi) is 5.94. The highest BCUT2D eigenvalue weighted by molar-refractivity contribution is 5.85. The molecule has 0 saturated heterocycles. The average molecular weight is 375 g/mol. The molecule has 1 fully saturated rings. The molecular formula is C20H23ClN2O3. The van der Waals surface area contributed by atoms with Crippen LogP contribution in [-0.2, 0) is 11.3 Å². The minimum atomic E-state index is -0.458. The maximum absolute atomic E-state index is 9.85. The fourth-order valence-electron chi connectivity index (χ4n) is 3.30. The zero-order valence-corrected chi connectivity index (χ0v) is 15.2. The van der Waals surface area contributed by atoms with Gasteiger partial charge in [0.05, 0.1) is 24.9 Å². The van der Waals surface area contributed by atoms with Crippen molar-refractivity contribution in [2.75, 3.05) is 0 Å². The summed E-state index contributed by atoms with van der Waals surface area (Å²) in [6, 6.07) is 15.4. The van der Waals surface area contributed by atoms with E-state index < -0.39 is 6.10 Å². The maximum atomic E-state index is 9.85. The van der Waals surface area contributed by atoms with Gasteiger partial charge in [-0.1, -0.05) is 24.3 Å². The number of ether oxygens (including phenoxy) is 1. The summed E-state index contributed by atoms with van der Waals surface area (Å²) in [5.41, 5.74) is 9.67. The number of hydrogen-bond donors (Lipinski definition) is 2. The van der Waals surface area contributed by atoms with Crippen LogP contribution < -0.4 is 5.73 Å². The highest BCUT2D eigenvalue weighted by atomic mass is 35.5. The van der Waals surface area contributed by atoms with Crippen LogP contribution in [0.25, 0.3) is 22.6 Å². The second-order valence-corrected chi connectivity index (χ2v) is 6.61. The Morgan fingerprint density at radius 1 is 1.12 bits per heavy atom. The first-order valence-corrected chi connectivity index (χ1v) is 8.71. The quantitative estimate of drug-likeness (QED) is 0.728. The molecule has 2 aromatic carbocycles. The maximum Gasteiger partial charge on any atom is 0.227 e. The van der Waals surface area contributed by atoms with Gasteiger partial charge in [-0.2, -0.15) is 0 Å². The predicted molar refractivity (Wildman–Crippen MR) is 103 cm³/mol. The molecule has 3 unspecified atom stereocenters. The molecule has 1 heterocycles. The van der Waals surface area contributed by atoms with Gasteiger partial charge in [-0.3, -0.25) is 0 Å². The summed E-state index contributed by atoms with van der Waals surface area (Å²) in [6.07, 6.45) is 2.08. The van der Waals surface area contributed by atoms with Crippen LogP contribution in [0, 0.1) is 0 Å². The third-order valence-electron chi connectivity index (χ3n) is 4.82. The van der Waals surface area contributed by atoms with Gasteiger partial charge >= 0.3 is 0 Å². The van der Waals surface area contributed by atoms with Crippen LogP contribution in [0.15, 0.2) is 52.9 Å². The molecule has 3 N–H and O–H groups in total. The minimum Gasteiger partial charge on any atom is -0.436 e. The van der Waals surface area contributed by atoms with Crippen LogP contribution in [0.3, 0.4) is 0 Å².